The van der Waals surface area contributed by atoms with Crippen LogP contribution in [0.25, 0.3) is 20.8 Å². The van der Waals surface area contributed by atoms with Gasteiger partial charge in [-0.05, 0) is 24.3 Å². The molecule has 90 valence electrons. The second-order valence-electron chi connectivity index (χ2n) is 3.82. The van der Waals surface area contributed by atoms with Crippen molar-refractivity contribution < 1.29 is 15.3 Å². The highest BCUT2D eigenvalue weighted by Gasteiger charge is 2.15. The number of fused-ring (bicyclic) bond motifs is 1. The van der Waals surface area contributed by atoms with Crippen LogP contribution in [0.4, 0.5) is 0 Å². The molecular formula is C13H9NO3S. The zero-order chi connectivity index (χ0) is 12.7. The van der Waals surface area contributed by atoms with E-state index in [-0.39, 0.29) is 11.5 Å². The third-order valence-corrected chi connectivity index (χ3v) is 3.72. The first-order valence-corrected chi connectivity index (χ1v) is 6.08. The Morgan fingerprint density at radius 1 is 0.889 bits per heavy atom. The van der Waals surface area contributed by atoms with E-state index in [2.05, 4.69) is 4.98 Å². The molecule has 0 saturated heterocycles. The Hall–Kier alpha value is -2.27. The fraction of sp³-hybridized carbons (Fsp3) is 0. The van der Waals surface area contributed by atoms with Gasteiger partial charge in [-0.2, -0.15) is 0 Å². The number of para-hydroxylation sites is 1. The summed E-state index contributed by atoms with van der Waals surface area (Å²) in [5, 5.41) is 29.2. The van der Waals surface area contributed by atoms with Crippen molar-refractivity contribution in [1.82, 2.24) is 4.98 Å². The van der Waals surface area contributed by atoms with E-state index < -0.39 is 5.75 Å². The van der Waals surface area contributed by atoms with E-state index in [4.69, 9.17) is 0 Å². The molecule has 0 amide bonds. The summed E-state index contributed by atoms with van der Waals surface area (Å²) in [7, 11) is 0. The third kappa shape index (κ3) is 1.56. The zero-order valence-corrected chi connectivity index (χ0v) is 9.98. The summed E-state index contributed by atoms with van der Waals surface area (Å²) in [5.74, 6) is -1.22. The number of aromatic hydroxyl groups is 3. The minimum atomic E-state index is -0.522. The number of aromatic nitrogens is 1. The van der Waals surface area contributed by atoms with Crippen molar-refractivity contribution in [2.75, 3.05) is 0 Å². The number of phenols is 3. The molecule has 0 saturated carbocycles. The third-order valence-electron chi connectivity index (χ3n) is 2.65. The van der Waals surface area contributed by atoms with Crippen molar-refractivity contribution >= 4 is 21.6 Å². The quantitative estimate of drug-likeness (QED) is 0.587. The second kappa shape index (κ2) is 3.89. The van der Waals surface area contributed by atoms with Gasteiger partial charge in [0.25, 0.3) is 0 Å². The monoisotopic (exact) mass is 259 g/mol. The molecule has 0 aliphatic carbocycles. The van der Waals surface area contributed by atoms with Crippen LogP contribution in [-0.2, 0) is 0 Å². The molecule has 0 aliphatic rings. The number of thiazole rings is 1. The van der Waals surface area contributed by atoms with E-state index in [1.807, 2.05) is 24.3 Å². The SMILES string of the molecule is Oc1ccc(-c2nc3ccccc3s2)c(O)c1O. The van der Waals surface area contributed by atoms with Crippen LogP contribution >= 0.6 is 11.3 Å². The summed E-state index contributed by atoms with van der Waals surface area (Å²) in [6.07, 6.45) is 0. The normalized spacial score (nSPS) is 10.9. The van der Waals surface area contributed by atoms with E-state index in [0.717, 1.165) is 10.2 Å². The highest BCUT2D eigenvalue weighted by Crippen LogP contribution is 2.43. The molecule has 0 unspecified atom stereocenters. The van der Waals surface area contributed by atoms with Gasteiger partial charge in [0.15, 0.2) is 11.5 Å². The Balaban J connectivity index is 2.23. The number of rotatable bonds is 1. The van der Waals surface area contributed by atoms with E-state index in [9.17, 15) is 15.3 Å². The first kappa shape index (κ1) is 10.9. The van der Waals surface area contributed by atoms with Crippen LogP contribution < -0.4 is 0 Å². The van der Waals surface area contributed by atoms with Crippen LogP contribution in [0.2, 0.25) is 0 Å². The van der Waals surface area contributed by atoms with Crippen molar-refractivity contribution in [3.05, 3.63) is 36.4 Å². The lowest BCUT2D eigenvalue weighted by Crippen LogP contribution is -1.79. The van der Waals surface area contributed by atoms with Gasteiger partial charge in [-0.15, -0.1) is 11.3 Å². The van der Waals surface area contributed by atoms with E-state index >= 15 is 0 Å². The molecule has 3 rings (SSSR count). The highest BCUT2D eigenvalue weighted by atomic mass is 32.1. The lowest BCUT2D eigenvalue weighted by Gasteiger charge is -2.04. The molecule has 3 N–H and O–H groups in total. The Kier molecular flexibility index (Phi) is 2.34. The molecular weight excluding hydrogens is 250 g/mol. The van der Waals surface area contributed by atoms with Crippen molar-refractivity contribution in [2.24, 2.45) is 0 Å². The lowest BCUT2D eigenvalue weighted by molar-refractivity contribution is 0.369. The van der Waals surface area contributed by atoms with Gasteiger partial charge in [-0.3, -0.25) is 0 Å². The molecule has 0 bridgehead atoms. The number of phenolic OH excluding ortho intramolecular Hbond substituents is 3. The summed E-state index contributed by atoms with van der Waals surface area (Å²) in [5.41, 5.74) is 1.25. The Bertz CT molecular complexity index is 703. The van der Waals surface area contributed by atoms with Crippen molar-refractivity contribution in [3.63, 3.8) is 0 Å². The maximum absolute atomic E-state index is 9.81. The van der Waals surface area contributed by atoms with Gasteiger partial charge < -0.3 is 15.3 Å². The van der Waals surface area contributed by atoms with Gasteiger partial charge in [0.05, 0.1) is 15.8 Å². The Morgan fingerprint density at radius 3 is 2.44 bits per heavy atom. The van der Waals surface area contributed by atoms with Crippen LogP contribution in [0.5, 0.6) is 17.2 Å². The Labute approximate surface area is 106 Å². The molecule has 0 atom stereocenters. The predicted octanol–water partition coefficient (Wildman–Crippen LogP) is 3.08. The average Bonchev–Trinajstić information content (AvgIpc) is 2.79. The molecule has 1 aromatic heterocycles. The molecule has 0 spiro atoms. The zero-order valence-electron chi connectivity index (χ0n) is 9.16. The van der Waals surface area contributed by atoms with E-state index in [1.165, 1.54) is 23.5 Å². The predicted molar refractivity (Wildman–Crippen MR) is 70.1 cm³/mol. The van der Waals surface area contributed by atoms with Crippen molar-refractivity contribution in [2.45, 2.75) is 0 Å². The van der Waals surface area contributed by atoms with E-state index in [1.54, 1.807) is 0 Å². The fourth-order valence-electron chi connectivity index (χ4n) is 1.73. The summed E-state index contributed by atoms with van der Waals surface area (Å²) >= 11 is 1.42. The first-order chi connectivity index (χ1) is 8.66. The molecule has 4 nitrogen and oxygen atoms in total. The number of nitrogens with zero attached hydrogens (tertiary/aromatic N) is 1. The van der Waals surface area contributed by atoms with E-state index in [0.29, 0.717) is 10.6 Å². The molecule has 0 fully saturated rings. The summed E-state index contributed by atoms with van der Waals surface area (Å²) in [6, 6.07) is 10.5. The van der Waals surface area contributed by atoms with Gasteiger partial charge in [-0.1, -0.05) is 12.1 Å². The lowest BCUT2D eigenvalue weighted by atomic mass is 10.2. The average molecular weight is 259 g/mol. The minimum Gasteiger partial charge on any atom is -0.504 e. The first-order valence-electron chi connectivity index (χ1n) is 5.26. The fourth-order valence-corrected chi connectivity index (χ4v) is 2.72. The Morgan fingerprint density at radius 2 is 1.67 bits per heavy atom. The van der Waals surface area contributed by atoms with Crippen LogP contribution in [0.1, 0.15) is 0 Å². The maximum Gasteiger partial charge on any atom is 0.201 e. The standard InChI is InChI=1S/C13H9NO3S/c15-9-6-5-7(11(16)12(9)17)13-14-8-3-1-2-4-10(8)18-13/h1-6,15-17H. The van der Waals surface area contributed by atoms with Gasteiger partial charge in [0.2, 0.25) is 5.75 Å². The topological polar surface area (TPSA) is 73.6 Å². The molecule has 0 radical (unpaired) electrons. The van der Waals surface area contributed by atoms with Crippen LogP contribution in [-0.4, -0.2) is 20.3 Å². The largest absolute Gasteiger partial charge is 0.504 e. The summed E-state index contributed by atoms with van der Waals surface area (Å²) in [6.45, 7) is 0. The molecule has 2 aromatic carbocycles. The molecule has 18 heavy (non-hydrogen) atoms. The molecule has 5 heteroatoms. The van der Waals surface area contributed by atoms with Gasteiger partial charge >= 0.3 is 0 Å². The minimum absolute atomic E-state index is 0.350. The van der Waals surface area contributed by atoms with Crippen molar-refractivity contribution in [3.8, 4) is 27.8 Å². The molecule has 0 aliphatic heterocycles. The summed E-state index contributed by atoms with van der Waals surface area (Å²) < 4.78 is 1.000. The second-order valence-corrected chi connectivity index (χ2v) is 4.85. The molecule has 3 aromatic rings. The van der Waals surface area contributed by atoms with Crippen LogP contribution in [0, 0.1) is 0 Å². The summed E-state index contributed by atoms with van der Waals surface area (Å²) in [4.78, 5) is 4.38. The van der Waals surface area contributed by atoms with Gasteiger partial charge in [0.1, 0.15) is 5.01 Å². The number of hydrogen-bond acceptors (Lipinski definition) is 5. The number of hydrogen-bond donors (Lipinski definition) is 3. The maximum atomic E-state index is 9.81. The van der Waals surface area contributed by atoms with Crippen LogP contribution in [0.15, 0.2) is 36.4 Å². The van der Waals surface area contributed by atoms with Gasteiger partial charge in [0, 0.05) is 0 Å². The van der Waals surface area contributed by atoms with Crippen LogP contribution in [0.3, 0.4) is 0 Å². The van der Waals surface area contributed by atoms with Crippen molar-refractivity contribution in [1.29, 1.82) is 0 Å². The van der Waals surface area contributed by atoms with Gasteiger partial charge in [-0.25, -0.2) is 4.98 Å². The number of benzene rings is 2. The molecule has 1 heterocycles. The smallest absolute Gasteiger partial charge is 0.201 e. The highest BCUT2D eigenvalue weighted by molar-refractivity contribution is 7.21.